The largest absolute Gasteiger partial charge is 0.497 e. The summed E-state index contributed by atoms with van der Waals surface area (Å²) in [6.45, 7) is 3.98. The molecule has 8 heteroatoms. The van der Waals surface area contributed by atoms with E-state index in [9.17, 15) is 22.8 Å². The number of halogens is 3. The minimum atomic E-state index is -4.45. The van der Waals surface area contributed by atoms with Crippen LogP contribution >= 0.6 is 0 Å². The van der Waals surface area contributed by atoms with E-state index in [0.29, 0.717) is 41.2 Å². The minimum absolute atomic E-state index is 0.182. The van der Waals surface area contributed by atoms with Crippen molar-refractivity contribution in [2.75, 3.05) is 23.5 Å². The summed E-state index contributed by atoms with van der Waals surface area (Å²) in [7, 11) is 1.56. The summed E-state index contributed by atoms with van der Waals surface area (Å²) >= 11 is 0. The molecule has 4 rings (SSSR count). The Morgan fingerprint density at radius 2 is 1.64 bits per heavy atom. The van der Waals surface area contributed by atoms with Crippen molar-refractivity contribution < 1.29 is 27.5 Å². The van der Waals surface area contributed by atoms with Crippen LogP contribution in [-0.4, -0.2) is 31.5 Å². The SMILES string of the molecule is CCN(C(=O)[C@@H]1C[C@@H](C)N(C(=O)c2ccc(OC)cc2)c2ccccc21)c1ccc(C(F)(F)F)cc1. The Kier molecular flexibility index (Phi) is 7.06. The molecule has 36 heavy (non-hydrogen) atoms. The molecule has 0 unspecified atom stereocenters. The fraction of sp³-hybridized carbons (Fsp3) is 0.286. The van der Waals surface area contributed by atoms with Crippen molar-refractivity contribution >= 4 is 23.2 Å². The van der Waals surface area contributed by atoms with Gasteiger partial charge in [0.15, 0.2) is 0 Å². The van der Waals surface area contributed by atoms with Gasteiger partial charge in [0, 0.05) is 29.5 Å². The normalized spacial score (nSPS) is 17.3. The molecule has 1 heterocycles. The van der Waals surface area contributed by atoms with Gasteiger partial charge in [-0.2, -0.15) is 13.2 Å². The van der Waals surface area contributed by atoms with Gasteiger partial charge in [-0.05, 0) is 80.4 Å². The molecule has 188 valence electrons. The van der Waals surface area contributed by atoms with Gasteiger partial charge in [0.05, 0.1) is 18.6 Å². The number of carbonyl (C=O) groups is 2. The number of para-hydroxylation sites is 1. The molecular weight excluding hydrogens is 469 g/mol. The zero-order chi connectivity index (χ0) is 26.0. The van der Waals surface area contributed by atoms with Crippen molar-refractivity contribution in [1.82, 2.24) is 0 Å². The minimum Gasteiger partial charge on any atom is -0.497 e. The number of rotatable bonds is 5. The van der Waals surface area contributed by atoms with E-state index in [1.165, 1.54) is 17.0 Å². The van der Waals surface area contributed by atoms with Crippen LogP contribution in [0.25, 0.3) is 0 Å². The maximum atomic E-state index is 13.7. The van der Waals surface area contributed by atoms with Crippen LogP contribution in [0.2, 0.25) is 0 Å². The number of likely N-dealkylation sites (N-methyl/N-ethyl adjacent to an activating group) is 1. The Morgan fingerprint density at radius 1 is 1.00 bits per heavy atom. The van der Waals surface area contributed by atoms with Crippen molar-refractivity contribution in [3.05, 3.63) is 89.5 Å². The highest BCUT2D eigenvalue weighted by Gasteiger charge is 2.39. The zero-order valence-corrected chi connectivity index (χ0v) is 20.3. The van der Waals surface area contributed by atoms with E-state index >= 15 is 0 Å². The predicted molar refractivity (Wildman–Crippen MR) is 133 cm³/mol. The molecule has 0 fully saturated rings. The molecule has 5 nitrogen and oxygen atoms in total. The highest BCUT2D eigenvalue weighted by Crippen LogP contribution is 2.41. The highest BCUT2D eigenvalue weighted by atomic mass is 19.4. The van der Waals surface area contributed by atoms with Crippen molar-refractivity contribution in [3.63, 3.8) is 0 Å². The quantitative estimate of drug-likeness (QED) is 0.417. The Hall–Kier alpha value is -3.81. The van der Waals surface area contributed by atoms with Gasteiger partial charge in [-0.15, -0.1) is 0 Å². The van der Waals surface area contributed by atoms with E-state index in [1.54, 1.807) is 43.2 Å². The summed E-state index contributed by atoms with van der Waals surface area (Å²) in [5.41, 5.74) is 1.50. The fourth-order valence-electron chi connectivity index (χ4n) is 4.71. The molecule has 2 amide bonds. The molecule has 0 bridgehead atoms. The van der Waals surface area contributed by atoms with Crippen LogP contribution in [-0.2, 0) is 11.0 Å². The Balaban J connectivity index is 1.65. The first-order chi connectivity index (χ1) is 17.2. The number of hydrogen-bond acceptors (Lipinski definition) is 3. The van der Waals surface area contributed by atoms with E-state index < -0.39 is 17.7 Å². The van der Waals surface area contributed by atoms with Crippen LogP contribution in [0, 0.1) is 0 Å². The summed E-state index contributed by atoms with van der Waals surface area (Å²) in [5, 5.41) is 0. The molecule has 0 radical (unpaired) electrons. The Morgan fingerprint density at radius 3 is 2.22 bits per heavy atom. The molecule has 0 saturated carbocycles. The van der Waals surface area contributed by atoms with Gasteiger partial charge >= 0.3 is 6.18 Å². The lowest BCUT2D eigenvalue weighted by atomic mass is 9.84. The first-order valence-corrected chi connectivity index (χ1v) is 11.7. The van der Waals surface area contributed by atoms with Crippen molar-refractivity contribution in [3.8, 4) is 5.75 Å². The standard InChI is InChI=1S/C28H27F3N2O3/c1-4-32(21-13-11-20(12-14-21)28(29,30)31)27(35)24-17-18(2)33(25-8-6-5-7-23(24)25)26(34)19-9-15-22(36-3)16-10-19/h5-16,18,24H,4,17H2,1-3H3/t18-,24-/m1/s1. The second-order valence-electron chi connectivity index (χ2n) is 8.73. The molecule has 2 atom stereocenters. The molecule has 0 aliphatic carbocycles. The second kappa shape index (κ2) is 10.0. The fourth-order valence-corrected chi connectivity index (χ4v) is 4.71. The third-order valence-electron chi connectivity index (χ3n) is 6.53. The summed E-state index contributed by atoms with van der Waals surface area (Å²) in [5.74, 6) is -0.294. The number of fused-ring (bicyclic) bond motifs is 1. The van der Waals surface area contributed by atoms with Gasteiger partial charge in [-0.1, -0.05) is 18.2 Å². The zero-order valence-electron chi connectivity index (χ0n) is 20.3. The van der Waals surface area contributed by atoms with Gasteiger partial charge in [-0.25, -0.2) is 0 Å². The molecular formula is C28H27F3N2O3. The second-order valence-corrected chi connectivity index (χ2v) is 8.73. The third-order valence-corrected chi connectivity index (χ3v) is 6.53. The van der Waals surface area contributed by atoms with Crippen LogP contribution in [0.3, 0.4) is 0 Å². The molecule has 0 spiro atoms. The van der Waals surface area contributed by atoms with Crippen LogP contribution < -0.4 is 14.5 Å². The number of methoxy groups -OCH3 is 1. The van der Waals surface area contributed by atoms with Gasteiger partial charge in [0.25, 0.3) is 5.91 Å². The van der Waals surface area contributed by atoms with Gasteiger partial charge in [-0.3, -0.25) is 9.59 Å². The van der Waals surface area contributed by atoms with Crippen molar-refractivity contribution in [2.24, 2.45) is 0 Å². The number of carbonyl (C=O) groups excluding carboxylic acids is 2. The number of anilines is 2. The average Bonchev–Trinajstić information content (AvgIpc) is 2.88. The Labute approximate surface area is 208 Å². The van der Waals surface area contributed by atoms with E-state index in [2.05, 4.69) is 0 Å². The third kappa shape index (κ3) is 4.80. The van der Waals surface area contributed by atoms with E-state index in [0.717, 1.165) is 12.1 Å². The van der Waals surface area contributed by atoms with E-state index in [-0.39, 0.29) is 17.9 Å². The van der Waals surface area contributed by atoms with Gasteiger partial charge < -0.3 is 14.5 Å². The topological polar surface area (TPSA) is 49.9 Å². The number of hydrogen-bond donors (Lipinski definition) is 0. The predicted octanol–water partition coefficient (Wildman–Crippen LogP) is 6.29. The molecule has 3 aromatic rings. The van der Waals surface area contributed by atoms with Gasteiger partial charge in [0.2, 0.25) is 5.91 Å². The average molecular weight is 497 g/mol. The maximum absolute atomic E-state index is 13.7. The van der Waals surface area contributed by atoms with E-state index in [1.807, 2.05) is 31.2 Å². The number of nitrogens with zero attached hydrogens (tertiary/aromatic N) is 2. The van der Waals surface area contributed by atoms with Crippen molar-refractivity contribution in [2.45, 2.75) is 38.4 Å². The van der Waals surface area contributed by atoms with Gasteiger partial charge in [0.1, 0.15) is 5.75 Å². The van der Waals surface area contributed by atoms with Crippen LogP contribution in [0.1, 0.15) is 47.7 Å². The molecule has 0 N–H and O–H groups in total. The molecule has 3 aromatic carbocycles. The monoisotopic (exact) mass is 496 g/mol. The first kappa shape index (κ1) is 25.3. The number of alkyl halides is 3. The highest BCUT2D eigenvalue weighted by molar-refractivity contribution is 6.09. The summed E-state index contributed by atoms with van der Waals surface area (Å²) in [4.78, 5) is 30.4. The molecule has 1 aliphatic heterocycles. The number of ether oxygens (including phenoxy) is 1. The van der Waals surface area contributed by atoms with Crippen LogP contribution in [0.5, 0.6) is 5.75 Å². The molecule has 0 saturated heterocycles. The Bertz CT molecular complexity index is 1240. The maximum Gasteiger partial charge on any atom is 0.416 e. The molecule has 1 aliphatic rings. The lowest BCUT2D eigenvalue weighted by molar-refractivity contribution is -0.137. The van der Waals surface area contributed by atoms with Crippen LogP contribution in [0.4, 0.5) is 24.5 Å². The lowest BCUT2D eigenvalue weighted by Crippen LogP contribution is -2.46. The number of benzene rings is 3. The number of amides is 2. The summed E-state index contributed by atoms with van der Waals surface area (Å²) in [6, 6.07) is 18.5. The first-order valence-electron chi connectivity index (χ1n) is 11.7. The van der Waals surface area contributed by atoms with E-state index in [4.69, 9.17) is 4.74 Å². The van der Waals surface area contributed by atoms with Crippen molar-refractivity contribution in [1.29, 1.82) is 0 Å². The summed E-state index contributed by atoms with van der Waals surface area (Å²) in [6.07, 6.45) is -4.06. The lowest BCUT2D eigenvalue weighted by Gasteiger charge is -2.40. The van der Waals surface area contributed by atoms with Crippen LogP contribution in [0.15, 0.2) is 72.8 Å². The summed E-state index contributed by atoms with van der Waals surface area (Å²) < 4.78 is 44.2. The smallest absolute Gasteiger partial charge is 0.416 e. The molecule has 0 aromatic heterocycles.